The van der Waals surface area contributed by atoms with E-state index in [9.17, 15) is 13.2 Å². The Morgan fingerprint density at radius 2 is 1.61 bits per heavy atom. The Morgan fingerprint density at radius 3 is 2.39 bits per heavy atom. The maximum absolute atomic E-state index is 12.8. The van der Waals surface area contributed by atoms with Gasteiger partial charge in [0.2, 0.25) is 0 Å². The zero-order valence-corrected chi connectivity index (χ0v) is 18.3. The summed E-state index contributed by atoms with van der Waals surface area (Å²) in [4.78, 5) is 13.0. The van der Waals surface area contributed by atoms with Gasteiger partial charge in [-0.3, -0.25) is 9.52 Å². The average Bonchev–Trinajstić information content (AvgIpc) is 2.79. The van der Waals surface area contributed by atoms with Crippen LogP contribution in [0, 0.1) is 0 Å². The monoisotopic (exact) mass is 434 g/mol. The summed E-state index contributed by atoms with van der Waals surface area (Å²) in [6.45, 7) is 1.96. The van der Waals surface area contributed by atoms with Crippen molar-refractivity contribution in [2.24, 2.45) is 0 Å². The predicted molar refractivity (Wildman–Crippen MR) is 123 cm³/mol. The smallest absolute Gasteiger partial charge is 0.261 e. The number of carbonyl (C=O) groups excluding carboxylic acids is 1. The minimum Gasteiger partial charge on any atom is -0.346 e. The molecule has 0 spiro atoms. The van der Waals surface area contributed by atoms with E-state index in [0.29, 0.717) is 11.3 Å². The molecule has 0 saturated carbocycles. The normalized spacial score (nSPS) is 14.4. The molecule has 4 rings (SSSR count). The van der Waals surface area contributed by atoms with Gasteiger partial charge in [-0.05, 0) is 79.6 Å². The van der Waals surface area contributed by atoms with Crippen LogP contribution in [0.1, 0.15) is 52.9 Å². The summed E-state index contributed by atoms with van der Waals surface area (Å²) in [5.74, 6) is -0.244. The molecule has 3 aromatic carbocycles. The Morgan fingerprint density at radius 1 is 0.871 bits per heavy atom. The molecule has 0 aliphatic heterocycles. The first kappa shape index (κ1) is 21.1. The van der Waals surface area contributed by atoms with E-state index in [4.69, 9.17) is 0 Å². The summed E-state index contributed by atoms with van der Waals surface area (Å²) in [6.07, 6.45) is 4.67. The zero-order chi connectivity index (χ0) is 21.8. The quantitative estimate of drug-likeness (QED) is 0.582. The van der Waals surface area contributed by atoms with Gasteiger partial charge in [-0.1, -0.05) is 42.5 Å². The number of sulfonamides is 1. The highest BCUT2D eigenvalue weighted by atomic mass is 32.2. The first-order valence-electron chi connectivity index (χ1n) is 10.5. The fourth-order valence-corrected chi connectivity index (χ4v) is 4.99. The SMILES string of the molecule is CC(NC(=O)c1cccc(NS(=O)(=O)c2ccccc2)c1)c1ccc2c(c1)CCCC2. The van der Waals surface area contributed by atoms with Crippen molar-refractivity contribution >= 4 is 21.6 Å². The second kappa shape index (κ2) is 8.94. The molecule has 1 aliphatic rings. The number of amides is 1. The van der Waals surface area contributed by atoms with Crippen LogP contribution in [0.2, 0.25) is 0 Å². The van der Waals surface area contributed by atoms with E-state index >= 15 is 0 Å². The van der Waals surface area contributed by atoms with E-state index in [1.54, 1.807) is 42.5 Å². The minimum absolute atomic E-state index is 0.149. The molecule has 160 valence electrons. The summed E-state index contributed by atoms with van der Waals surface area (Å²) in [7, 11) is -3.71. The van der Waals surface area contributed by atoms with Gasteiger partial charge in [0.05, 0.1) is 10.9 Å². The lowest BCUT2D eigenvalue weighted by Gasteiger charge is -2.20. The van der Waals surface area contributed by atoms with Crippen LogP contribution in [-0.2, 0) is 22.9 Å². The lowest BCUT2D eigenvalue weighted by atomic mass is 9.89. The molecular weight excluding hydrogens is 408 g/mol. The van der Waals surface area contributed by atoms with E-state index in [1.165, 1.54) is 36.1 Å². The van der Waals surface area contributed by atoms with Gasteiger partial charge in [0.1, 0.15) is 0 Å². The van der Waals surface area contributed by atoms with Crippen molar-refractivity contribution in [2.45, 2.75) is 43.5 Å². The van der Waals surface area contributed by atoms with Crippen LogP contribution in [0.4, 0.5) is 5.69 Å². The highest BCUT2D eigenvalue weighted by Gasteiger charge is 2.17. The highest BCUT2D eigenvalue weighted by molar-refractivity contribution is 7.92. The first-order valence-corrected chi connectivity index (χ1v) is 12.0. The fourth-order valence-electron chi connectivity index (χ4n) is 3.92. The number of hydrogen-bond acceptors (Lipinski definition) is 3. The Bertz CT molecular complexity index is 1190. The second-order valence-corrected chi connectivity index (χ2v) is 9.61. The van der Waals surface area contributed by atoms with E-state index in [2.05, 4.69) is 28.2 Å². The minimum atomic E-state index is -3.71. The Kier molecular flexibility index (Phi) is 6.09. The van der Waals surface area contributed by atoms with E-state index in [-0.39, 0.29) is 16.8 Å². The standard InChI is InChI=1S/C25H26N2O3S/c1-18(20-15-14-19-8-5-6-9-21(19)16-20)26-25(28)22-10-7-11-23(17-22)27-31(29,30)24-12-3-2-4-13-24/h2-4,7,10-18,27H,5-6,8-9H2,1H3,(H,26,28). The van der Waals surface area contributed by atoms with E-state index in [1.807, 2.05) is 6.92 Å². The van der Waals surface area contributed by atoms with Crippen LogP contribution >= 0.6 is 0 Å². The number of benzene rings is 3. The Balaban J connectivity index is 1.47. The van der Waals surface area contributed by atoms with Gasteiger partial charge in [-0.2, -0.15) is 0 Å². The molecule has 31 heavy (non-hydrogen) atoms. The molecule has 3 aromatic rings. The molecule has 1 aliphatic carbocycles. The average molecular weight is 435 g/mol. The summed E-state index contributed by atoms with van der Waals surface area (Å²) in [5, 5.41) is 3.02. The molecule has 0 heterocycles. The summed E-state index contributed by atoms with van der Waals surface area (Å²) in [6, 6.07) is 21.0. The molecule has 1 unspecified atom stereocenters. The van der Waals surface area contributed by atoms with Gasteiger partial charge in [-0.25, -0.2) is 8.42 Å². The second-order valence-electron chi connectivity index (χ2n) is 7.93. The van der Waals surface area contributed by atoms with Crippen LogP contribution in [0.15, 0.2) is 77.7 Å². The third kappa shape index (κ3) is 4.97. The maximum Gasteiger partial charge on any atom is 0.261 e. The number of rotatable bonds is 6. The fraction of sp³-hybridized carbons (Fsp3) is 0.240. The molecule has 5 nitrogen and oxygen atoms in total. The lowest BCUT2D eigenvalue weighted by molar-refractivity contribution is 0.0940. The summed E-state index contributed by atoms with van der Waals surface area (Å²) >= 11 is 0. The third-order valence-electron chi connectivity index (χ3n) is 5.65. The number of carbonyl (C=O) groups is 1. The summed E-state index contributed by atoms with van der Waals surface area (Å²) in [5.41, 5.74) is 4.61. The maximum atomic E-state index is 12.8. The van der Waals surface area contributed by atoms with Crippen LogP contribution in [-0.4, -0.2) is 14.3 Å². The highest BCUT2D eigenvalue weighted by Crippen LogP contribution is 2.25. The third-order valence-corrected chi connectivity index (χ3v) is 7.05. The molecule has 6 heteroatoms. The predicted octanol–water partition coefficient (Wildman–Crippen LogP) is 4.86. The van der Waals surface area contributed by atoms with Gasteiger partial charge in [-0.15, -0.1) is 0 Å². The van der Waals surface area contributed by atoms with Crippen LogP contribution < -0.4 is 10.0 Å². The molecule has 0 radical (unpaired) electrons. The number of fused-ring (bicyclic) bond motifs is 1. The van der Waals surface area contributed by atoms with Crippen molar-refractivity contribution in [1.29, 1.82) is 0 Å². The van der Waals surface area contributed by atoms with Gasteiger partial charge in [0.15, 0.2) is 0 Å². The van der Waals surface area contributed by atoms with E-state index < -0.39 is 10.0 Å². The number of anilines is 1. The largest absolute Gasteiger partial charge is 0.346 e. The molecule has 0 aromatic heterocycles. The molecule has 1 amide bonds. The van der Waals surface area contributed by atoms with Crippen molar-refractivity contribution in [3.63, 3.8) is 0 Å². The topological polar surface area (TPSA) is 75.3 Å². The Labute approximate surface area is 183 Å². The van der Waals surface area contributed by atoms with Crippen molar-refractivity contribution in [3.8, 4) is 0 Å². The number of hydrogen-bond donors (Lipinski definition) is 2. The lowest BCUT2D eigenvalue weighted by Crippen LogP contribution is -2.27. The molecular formula is C25H26N2O3S. The molecule has 0 fully saturated rings. The van der Waals surface area contributed by atoms with Crippen molar-refractivity contribution in [2.75, 3.05) is 4.72 Å². The van der Waals surface area contributed by atoms with Crippen molar-refractivity contribution in [3.05, 3.63) is 95.1 Å². The van der Waals surface area contributed by atoms with Gasteiger partial charge >= 0.3 is 0 Å². The molecule has 0 saturated heterocycles. The van der Waals surface area contributed by atoms with Crippen molar-refractivity contribution in [1.82, 2.24) is 5.32 Å². The zero-order valence-electron chi connectivity index (χ0n) is 17.5. The van der Waals surface area contributed by atoms with Gasteiger partial charge in [0.25, 0.3) is 15.9 Å². The van der Waals surface area contributed by atoms with Crippen LogP contribution in [0.5, 0.6) is 0 Å². The summed E-state index contributed by atoms with van der Waals surface area (Å²) < 4.78 is 27.6. The van der Waals surface area contributed by atoms with Gasteiger partial charge < -0.3 is 5.32 Å². The van der Waals surface area contributed by atoms with Crippen LogP contribution in [0.3, 0.4) is 0 Å². The van der Waals surface area contributed by atoms with E-state index in [0.717, 1.165) is 18.4 Å². The molecule has 2 N–H and O–H groups in total. The first-order chi connectivity index (χ1) is 14.9. The Hall–Kier alpha value is -3.12. The molecule has 1 atom stereocenters. The van der Waals surface area contributed by atoms with Crippen LogP contribution in [0.25, 0.3) is 0 Å². The van der Waals surface area contributed by atoms with Gasteiger partial charge in [0, 0.05) is 11.3 Å². The van der Waals surface area contributed by atoms with Crippen molar-refractivity contribution < 1.29 is 13.2 Å². The molecule has 0 bridgehead atoms. The number of aryl methyl sites for hydroxylation is 2. The number of nitrogens with one attached hydrogen (secondary N) is 2.